The molecule has 0 aliphatic carbocycles. The largest absolute Gasteiger partial charge is 0.465 e. The molecule has 3 saturated heterocycles. The fourth-order valence-corrected chi connectivity index (χ4v) is 6.79. The van der Waals surface area contributed by atoms with Gasteiger partial charge in [0.15, 0.2) is 33.6 Å². The number of hydrogen-bond donors (Lipinski definition) is 0. The quantitative estimate of drug-likeness (QED) is 0.307. The number of hydrogen-bond acceptors (Lipinski definition) is 6. The van der Waals surface area contributed by atoms with Crippen molar-refractivity contribution in [3.05, 3.63) is 72.8 Å². The zero-order chi connectivity index (χ0) is 24.9. The summed E-state index contributed by atoms with van der Waals surface area (Å²) in [4.78, 5) is 3.63. The molecule has 3 aromatic carbocycles. The van der Waals surface area contributed by atoms with Gasteiger partial charge in [-0.15, -0.1) is 0 Å². The molecule has 6 rings (SSSR count). The standard InChI is InChI=1S/C30H33O6S/c1-4-28(31-19-1)34-22-7-13-25(14-8-22)37(26-15-9-23(10-16-26)35-29-5-2-20-32-29)27-17-11-24(12-18-27)36-30-6-3-21-33-30/h7-18,28-30H,1-6,19-21H2/q+1. The van der Waals surface area contributed by atoms with Crippen LogP contribution < -0.4 is 14.2 Å². The van der Waals surface area contributed by atoms with E-state index in [0.29, 0.717) is 0 Å². The Labute approximate surface area is 221 Å². The van der Waals surface area contributed by atoms with Gasteiger partial charge in [0, 0.05) is 19.3 Å². The van der Waals surface area contributed by atoms with E-state index in [-0.39, 0.29) is 29.8 Å². The van der Waals surface area contributed by atoms with Crippen molar-refractivity contribution >= 4 is 10.9 Å². The monoisotopic (exact) mass is 521 g/mol. The van der Waals surface area contributed by atoms with E-state index < -0.39 is 0 Å². The van der Waals surface area contributed by atoms with Gasteiger partial charge in [-0.2, -0.15) is 0 Å². The summed E-state index contributed by atoms with van der Waals surface area (Å²) in [6.07, 6.45) is 5.53. The molecule has 3 atom stereocenters. The first-order valence-corrected chi connectivity index (χ1v) is 14.4. The molecule has 3 fully saturated rings. The normalized spacial score (nSPS) is 24.2. The van der Waals surface area contributed by atoms with Gasteiger partial charge < -0.3 is 28.4 Å². The number of rotatable bonds is 9. The van der Waals surface area contributed by atoms with E-state index in [1.807, 2.05) is 36.4 Å². The molecule has 7 heteroatoms. The van der Waals surface area contributed by atoms with Gasteiger partial charge in [-0.1, -0.05) is 0 Å². The van der Waals surface area contributed by atoms with E-state index in [1.54, 1.807) is 0 Å². The second kappa shape index (κ2) is 11.8. The van der Waals surface area contributed by atoms with Crippen LogP contribution >= 0.6 is 0 Å². The van der Waals surface area contributed by atoms with Gasteiger partial charge in [0.1, 0.15) is 17.2 Å². The Bertz CT molecular complexity index is 970. The molecule has 3 aliphatic heterocycles. The second-order valence-electron chi connectivity index (χ2n) is 9.40. The molecule has 3 heterocycles. The lowest BCUT2D eigenvalue weighted by Gasteiger charge is -2.15. The van der Waals surface area contributed by atoms with E-state index in [1.165, 1.54) is 14.7 Å². The fourth-order valence-electron chi connectivity index (χ4n) is 4.75. The number of ether oxygens (including phenoxy) is 6. The molecule has 6 nitrogen and oxygen atoms in total. The van der Waals surface area contributed by atoms with Crippen LogP contribution in [0.5, 0.6) is 17.2 Å². The first kappa shape index (κ1) is 24.6. The van der Waals surface area contributed by atoms with Crippen molar-refractivity contribution in [2.45, 2.75) is 72.1 Å². The van der Waals surface area contributed by atoms with Crippen molar-refractivity contribution in [2.24, 2.45) is 0 Å². The van der Waals surface area contributed by atoms with E-state index in [0.717, 1.165) is 75.6 Å². The predicted octanol–water partition coefficient (Wildman–Crippen LogP) is 6.33. The molecule has 0 bridgehead atoms. The molecule has 194 valence electrons. The van der Waals surface area contributed by atoms with Crippen LogP contribution in [-0.2, 0) is 25.1 Å². The average molecular weight is 522 g/mol. The number of benzene rings is 3. The van der Waals surface area contributed by atoms with Crippen LogP contribution in [0.25, 0.3) is 0 Å². The molecule has 0 saturated carbocycles. The van der Waals surface area contributed by atoms with Crippen LogP contribution in [0.15, 0.2) is 87.5 Å². The molecule has 0 aromatic heterocycles. The minimum absolute atomic E-state index is 0.142. The van der Waals surface area contributed by atoms with Crippen molar-refractivity contribution in [2.75, 3.05) is 19.8 Å². The third kappa shape index (κ3) is 6.24. The van der Waals surface area contributed by atoms with E-state index in [4.69, 9.17) is 28.4 Å². The molecular weight excluding hydrogens is 488 g/mol. The van der Waals surface area contributed by atoms with Crippen molar-refractivity contribution in [1.29, 1.82) is 0 Å². The summed E-state index contributed by atoms with van der Waals surface area (Å²) in [6.45, 7) is 2.31. The van der Waals surface area contributed by atoms with Crippen molar-refractivity contribution in [3.8, 4) is 17.2 Å². The maximum atomic E-state index is 6.00. The summed E-state index contributed by atoms with van der Waals surface area (Å²) in [5.41, 5.74) is 0. The second-order valence-corrected chi connectivity index (χ2v) is 11.4. The predicted molar refractivity (Wildman–Crippen MR) is 140 cm³/mol. The maximum absolute atomic E-state index is 6.00. The van der Waals surface area contributed by atoms with Gasteiger partial charge in [-0.25, -0.2) is 0 Å². The lowest BCUT2D eigenvalue weighted by Crippen LogP contribution is -2.14. The van der Waals surface area contributed by atoms with Crippen LogP contribution in [0.3, 0.4) is 0 Å². The summed E-state index contributed by atoms with van der Waals surface area (Å²) >= 11 is 0. The third-order valence-corrected chi connectivity index (χ3v) is 8.88. The van der Waals surface area contributed by atoms with Gasteiger partial charge in [0.05, 0.1) is 30.7 Å². The molecular formula is C30H33O6S+. The van der Waals surface area contributed by atoms with E-state index >= 15 is 0 Å². The van der Waals surface area contributed by atoms with Gasteiger partial charge in [-0.05, 0) is 92.1 Å². The molecule has 3 unspecified atom stereocenters. The molecule has 37 heavy (non-hydrogen) atoms. The first-order valence-electron chi connectivity index (χ1n) is 13.2. The Balaban J connectivity index is 1.24. The first-order chi connectivity index (χ1) is 18.3. The minimum atomic E-state index is -0.312. The molecule has 0 radical (unpaired) electrons. The summed E-state index contributed by atoms with van der Waals surface area (Å²) in [7, 11) is -0.312. The summed E-state index contributed by atoms with van der Waals surface area (Å²) in [5.74, 6) is 2.50. The zero-order valence-electron chi connectivity index (χ0n) is 20.9. The summed E-state index contributed by atoms with van der Waals surface area (Å²) < 4.78 is 34.9. The maximum Gasteiger partial charge on any atom is 0.199 e. The smallest absolute Gasteiger partial charge is 0.199 e. The Morgan fingerprint density at radius 1 is 0.459 bits per heavy atom. The lowest BCUT2D eigenvalue weighted by molar-refractivity contribution is -0.0393. The van der Waals surface area contributed by atoms with Crippen LogP contribution in [0.2, 0.25) is 0 Å². The van der Waals surface area contributed by atoms with Crippen LogP contribution in [-0.4, -0.2) is 38.7 Å². The van der Waals surface area contributed by atoms with Crippen molar-refractivity contribution in [1.82, 2.24) is 0 Å². The van der Waals surface area contributed by atoms with Gasteiger partial charge in [0.2, 0.25) is 0 Å². The van der Waals surface area contributed by atoms with Gasteiger partial charge in [-0.3, -0.25) is 0 Å². The van der Waals surface area contributed by atoms with Crippen molar-refractivity contribution < 1.29 is 28.4 Å². The molecule has 0 spiro atoms. The average Bonchev–Trinajstić information content (AvgIpc) is 3.73. The highest BCUT2D eigenvalue weighted by molar-refractivity contribution is 7.97. The highest BCUT2D eigenvalue weighted by atomic mass is 32.2. The Kier molecular flexibility index (Phi) is 7.84. The Hall–Kier alpha value is -2.71. The lowest BCUT2D eigenvalue weighted by atomic mass is 10.3. The van der Waals surface area contributed by atoms with Crippen LogP contribution in [0.4, 0.5) is 0 Å². The Morgan fingerprint density at radius 3 is 1.00 bits per heavy atom. The molecule has 3 aromatic rings. The van der Waals surface area contributed by atoms with E-state index in [9.17, 15) is 0 Å². The molecule has 3 aliphatic rings. The topological polar surface area (TPSA) is 55.4 Å². The molecule has 0 N–H and O–H groups in total. The van der Waals surface area contributed by atoms with E-state index in [2.05, 4.69) is 36.4 Å². The summed E-state index contributed by atoms with van der Waals surface area (Å²) in [5, 5.41) is 0. The highest BCUT2D eigenvalue weighted by Gasteiger charge is 2.30. The van der Waals surface area contributed by atoms with Crippen LogP contribution in [0.1, 0.15) is 38.5 Å². The van der Waals surface area contributed by atoms with Crippen molar-refractivity contribution in [3.63, 3.8) is 0 Å². The highest BCUT2D eigenvalue weighted by Crippen LogP contribution is 2.35. The van der Waals surface area contributed by atoms with Gasteiger partial charge in [0.25, 0.3) is 0 Å². The van der Waals surface area contributed by atoms with Crippen LogP contribution in [0, 0.1) is 0 Å². The van der Waals surface area contributed by atoms with Gasteiger partial charge >= 0.3 is 0 Å². The fraction of sp³-hybridized carbons (Fsp3) is 0.400. The third-order valence-electron chi connectivity index (χ3n) is 6.64. The SMILES string of the molecule is c1cc([S+](c2ccc(OC3CCCO3)cc2)c2ccc(OC3CCCO3)cc2)ccc1OC1CCCO1. The zero-order valence-corrected chi connectivity index (χ0v) is 21.7. The molecule has 0 amide bonds. The Morgan fingerprint density at radius 2 is 0.757 bits per heavy atom. The summed E-state index contributed by atoms with van der Waals surface area (Å²) in [6, 6.07) is 25.2. The minimum Gasteiger partial charge on any atom is -0.465 e.